The molecule has 2 aromatic carbocycles. The van der Waals surface area contributed by atoms with Crippen LogP contribution in [0.4, 0.5) is 0 Å². The quantitative estimate of drug-likeness (QED) is 0.0384. The summed E-state index contributed by atoms with van der Waals surface area (Å²) >= 11 is -0.119. The maximum absolute atomic E-state index is 2.79. The Morgan fingerprint density at radius 1 is 0.455 bits per heavy atom. The SMILES string of the molecule is CCCCCCCCCCCCC(CCCCCCCCCC)Cn1c2cc(-c3cc[c]([Sn]([CH3])([CH3])[CH3])s3)ccc2c2ccc(-c3cc[c]([Sn]([CH3])([CH3])[CH3])s3)cc21. The number of nitrogens with zero attached hydrogens (tertiary/aromatic N) is 1. The van der Waals surface area contributed by atoms with Crippen molar-refractivity contribution in [1.82, 2.24) is 4.57 Å². The van der Waals surface area contributed by atoms with Gasteiger partial charge in [0, 0.05) is 0 Å². The number of thiophene rings is 2. The standard InChI is InChI=1S/C44H59NS2.6CH3.2Sn/c1-3-5-7-9-11-13-14-16-18-20-24-36(23-19-17-15-12-10-8-6-4-2)35-45-41-33-37(43-25-21-31-46-43)27-29-39(41)40-30-28-38(34-42(40)45)44-26-22-32-47-44;;;;;;;;/h21-22,25-30,33-34,36H,3-20,23-24,35H2,1-2H3;6*1H3;;. The van der Waals surface area contributed by atoms with Crippen LogP contribution in [-0.2, 0) is 6.54 Å². The molecule has 5 heteroatoms. The Kier molecular flexibility index (Phi) is 18.6. The van der Waals surface area contributed by atoms with Gasteiger partial charge in [-0.05, 0) is 0 Å². The summed E-state index contributed by atoms with van der Waals surface area (Å²) in [7, 11) is 0. The summed E-state index contributed by atoms with van der Waals surface area (Å²) in [4.78, 5) is 18.2. The van der Waals surface area contributed by atoms with Gasteiger partial charge in [0.1, 0.15) is 0 Å². The number of hydrogen-bond donors (Lipinski definition) is 0. The van der Waals surface area contributed by atoms with Crippen molar-refractivity contribution in [3.05, 3.63) is 60.7 Å². The molecule has 55 heavy (non-hydrogen) atoms. The number of benzene rings is 2. The molecule has 0 bridgehead atoms. The summed E-state index contributed by atoms with van der Waals surface area (Å²) in [6, 6.07) is 24.6. The van der Waals surface area contributed by atoms with E-state index in [2.05, 4.69) is 131 Å². The molecule has 1 nitrogen and oxygen atoms in total. The Bertz CT molecular complexity index is 1750. The Morgan fingerprint density at radius 3 is 1.16 bits per heavy atom. The summed E-state index contributed by atoms with van der Waals surface area (Å²) in [5.41, 5.74) is 5.69. The average Bonchev–Trinajstić information content (AvgIpc) is 3.92. The van der Waals surface area contributed by atoms with E-state index >= 15 is 0 Å². The van der Waals surface area contributed by atoms with E-state index in [1.165, 1.54) is 171 Å². The van der Waals surface area contributed by atoms with Crippen LogP contribution < -0.4 is 5.79 Å². The van der Waals surface area contributed by atoms with Crippen LogP contribution >= 0.6 is 22.7 Å². The molecule has 3 heterocycles. The first-order valence-corrected chi connectivity index (χ1v) is 44.4. The topological polar surface area (TPSA) is 4.93 Å². The second kappa shape index (κ2) is 22.6. The Morgan fingerprint density at radius 2 is 0.818 bits per heavy atom. The Labute approximate surface area is 354 Å². The second-order valence-corrected chi connectivity index (χ2v) is 52.0. The van der Waals surface area contributed by atoms with Gasteiger partial charge in [-0.15, -0.1) is 0 Å². The molecule has 5 rings (SSSR count). The molecule has 0 aliphatic heterocycles. The van der Waals surface area contributed by atoms with Crippen LogP contribution in [0.2, 0.25) is 29.6 Å². The number of unbranched alkanes of at least 4 members (excludes halogenated alkanes) is 16. The molecule has 3 aromatic heterocycles. The number of aromatic nitrogens is 1. The molecule has 0 radical (unpaired) electrons. The van der Waals surface area contributed by atoms with Crippen molar-refractivity contribution in [2.75, 3.05) is 0 Å². The van der Waals surface area contributed by atoms with E-state index in [1.807, 2.05) is 0 Å². The van der Waals surface area contributed by atoms with Crippen LogP contribution in [0.25, 0.3) is 42.7 Å². The minimum atomic E-state index is -2.13. The van der Waals surface area contributed by atoms with Crippen LogP contribution in [0, 0.1) is 5.92 Å². The van der Waals surface area contributed by atoms with E-state index in [4.69, 9.17) is 0 Å². The average molecular weight is 994 g/mol. The predicted molar refractivity (Wildman–Crippen MR) is 259 cm³/mol. The molecule has 5 aromatic rings. The van der Waals surface area contributed by atoms with Gasteiger partial charge in [0.25, 0.3) is 0 Å². The zero-order chi connectivity index (χ0) is 39.3. The van der Waals surface area contributed by atoms with Gasteiger partial charge in [-0.3, -0.25) is 0 Å². The monoisotopic (exact) mass is 995 g/mol. The van der Waals surface area contributed by atoms with Gasteiger partial charge in [-0.25, -0.2) is 0 Å². The molecule has 0 saturated heterocycles. The van der Waals surface area contributed by atoms with Crippen LogP contribution in [0.5, 0.6) is 0 Å². The number of hydrogen-bond acceptors (Lipinski definition) is 2. The van der Waals surface area contributed by atoms with Gasteiger partial charge in [-0.1, -0.05) is 104 Å². The van der Waals surface area contributed by atoms with Crippen molar-refractivity contribution < 1.29 is 0 Å². The van der Waals surface area contributed by atoms with Gasteiger partial charge < -0.3 is 0 Å². The maximum atomic E-state index is 2.79. The first kappa shape index (κ1) is 45.3. The first-order chi connectivity index (χ1) is 26.5. The molecular weight excluding hydrogens is 916 g/mol. The normalized spacial score (nSPS) is 13.1. The number of rotatable bonds is 26. The Hall–Kier alpha value is -0.763. The zero-order valence-electron chi connectivity index (χ0n) is 36.5. The molecule has 0 N–H and O–H groups in total. The van der Waals surface area contributed by atoms with Crippen molar-refractivity contribution in [2.24, 2.45) is 5.92 Å². The Balaban J connectivity index is 1.42. The van der Waals surface area contributed by atoms with Gasteiger partial charge in [0.05, 0.1) is 0 Å². The van der Waals surface area contributed by atoms with E-state index < -0.39 is 36.8 Å². The summed E-state index contributed by atoms with van der Waals surface area (Å²) in [6.45, 7) is 5.79. The van der Waals surface area contributed by atoms with Crippen molar-refractivity contribution in [1.29, 1.82) is 0 Å². The fraction of sp³-hybridized carbons (Fsp3) is 0.600. The second-order valence-electron chi connectivity index (χ2n) is 19.0. The summed E-state index contributed by atoms with van der Waals surface area (Å²) in [5.74, 6) is 0.729. The zero-order valence-corrected chi connectivity index (χ0v) is 43.8. The van der Waals surface area contributed by atoms with Crippen LogP contribution in [-0.4, -0.2) is 41.3 Å². The predicted octanol–water partition coefficient (Wildman–Crippen LogP) is 16.8. The van der Waals surface area contributed by atoms with Crippen molar-refractivity contribution >= 4 is 87.0 Å². The molecule has 1 atom stereocenters. The third-order valence-corrected chi connectivity index (χ3v) is 33.2. The van der Waals surface area contributed by atoms with E-state index in [-0.39, 0.29) is 0 Å². The molecule has 302 valence electrons. The molecule has 0 saturated carbocycles. The minimum absolute atomic E-state index is 0.729. The molecule has 0 spiro atoms. The summed E-state index contributed by atoms with van der Waals surface area (Å²) < 4.78 is 6.14. The molecule has 0 aliphatic carbocycles. The van der Waals surface area contributed by atoms with Gasteiger partial charge in [0.2, 0.25) is 0 Å². The molecule has 1 unspecified atom stereocenters. The third-order valence-electron chi connectivity index (χ3n) is 12.0. The van der Waals surface area contributed by atoms with Crippen molar-refractivity contribution in [3.8, 4) is 20.9 Å². The van der Waals surface area contributed by atoms with Gasteiger partial charge in [0.15, 0.2) is 0 Å². The fourth-order valence-electron chi connectivity index (χ4n) is 8.46. The fourth-order valence-corrected chi connectivity index (χ4v) is 21.0. The van der Waals surface area contributed by atoms with Crippen molar-refractivity contribution in [3.63, 3.8) is 0 Å². The molecule has 0 aliphatic rings. The molecule has 0 amide bonds. The van der Waals surface area contributed by atoms with Gasteiger partial charge >= 0.3 is 254 Å². The van der Waals surface area contributed by atoms with Crippen LogP contribution in [0.3, 0.4) is 0 Å². The summed E-state index contributed by atoms with van der Waals surface area (Å²) in [5, 5.41) is 2.86. The van der Waals surface area contributed by atoms with E-state index in [0.717, 1.165) is 12.5 Å². The number of fused-ring (bicyclic) bond motifs is 3. The third kappa shape index (κ3) is 13.6. The van der Waals surface area contributed by atoms with E-state index in [0.29, 0.717) is 0 Å². The molecule has 0 fully saturated rings. The van der Waals surface area contributed by atoms with E-state index in [9.17, 15) is 0 Å². The van der Waals surface area contributed by atoms with Crippen LogP contribution in [0.1, 0.15) is 142 Å². The van der Waals surface area contributed by atoms with Crippen molar-refractivity contribution in [2.45, 2.75) is 178 Å². The van der Waals surface area contributed by atoms with Gasteiger partial charge in [-0.2, -0.15) is 0 Å². The van der Waals surface area contributed by atoms with Crippen LogP contribution in [0.15, 0.2) is 60.7 Å². The molecular formula is C50H77NS2Sn2. The summed E-state index contributed by atoms with van der Waals surface area (Å²) in [6.07, 6.45) is 28.1. The first-order valence-electron chi connectivity index (χ1n) is 22.8. The van der Waals surface area contributed by atoms with E-state index in [1.54, 1.807) is 5.79 Å².